The molecule has 2 N–H and O–H groups in total. The van der Waals surface area contributed by atoms with Gasteiger partial charge in [0.15, 0.2) is 11.6 Å². The van der Waals surface area contributed by atoms with Crippen molar-refractivity contribution in [3.8, 4) is 17.2 Å². The van der Waals surface area contributed by atoms with Gasteiger partial charge in [-0.1, -0.05) is 18.2 Å². The van der Waals surface area contributed by atoms with Crippen LogP contribution in [0.5, 0.6) is 17.2 Å². The van der Waals surface area contributed by atoms with Crippen molar-refractivity contribution in [1.82, 2.24) is 0 Å². The van der Waals surface area contributed by atoms with Crippen molar-refractivity contribution in [2.45, 2.75) is 19.9 Å². The first-order chi connectivity index (χ1) is 9.54. The van der Waals surface area contributed by atoms with Crippen LogP contribution in [0.3, 0.4) is 0 Å². The molecule has 0 fully saturated rings. The number of hydrogen-bond donors (Lipinski definition) is 1. The number of ether oxygens (including phenoxy) is 2. The quantitative estimate of drug-likeness (QED) is 0.918. The average molecular weight is 275 g/mol. The molecule has 0 heterocycles. The Balaban J connectivity index is 2.46. The lowest BCUT2D eigenvalue weighted by atomic mass is 10.1. The van der Waals surface area contributed by atoms with Crippen molar-refractivity contribution >= 4 is 0 Å². The normalized spacial score (nSPS) is 12.1. The van der Waals surface area contributed by atoms with Crippen LogP contribution in [0.15, 0.2) is 36.4 Å². The summed E-state index contributed by atoms with van der Waals surface area (Å²) in [5.74, 6) is 0.945. The fraction of sp³-hybridized carbons (Fsp3) is 0.250. The van der Waals surface area contributed by atoms with E-state index in [9.17, 15) is 4.39 Å². The van der Waals surface area contributed by atoms with E-state index in [1.54, 1.807) is 50.4 Å². The highest BCUT2D eigenvalue weighted by molar-refractivity contribution is 5.48. The number of halogens is 1. The molecule has 0 bridgehead atoms. The van der Waals surface area contributed by atoms with Gasteiger partial charge in [0, 0.05) is 6.04 Å². The summed E-state index contributed by atoms with van der Waals surface area (Å²) in [6.07, 6.45) is 0. The van der Waals surface area contributed by atoms with Gasteiger partial charge in [0.05, 0.1) is 12.7 Å². The summed E-state index contributed by atoms with van der Waals surface area (Å²) < 4.78 is 25.0. The lowest BCUT2D eigenvalue weighted by Gasteiger charge is -2.17. The van der Waals surface area contributed by atoms with E-state index in [0.717, 1.165) is 5.56 Å². The summed E-state index contributed by atoms with van der Waals surface area (Å²) in [4.78, 5) is 0. The van der Waals surface area contributed by atoms with Crippen LogP contribution in [-0.4, -0.2) is 7.11 Å². The predicted molar refractivity (Wildman–Crippen MR) is 76.8 cm³/mol. The van der Waals surface area contributed by atoms with Crippen molar-refractivity contribution in [3.63, 3.8) is 0 Å². The molecule has 0 amide bonds. The lowest BCUT2D eigenvalue weighted by molar-refractivity contribution is 0.392. The molecule has 0 radical (unpaired) electrons. The lowest BCUT2D eigenvalue weighted by Crippen LogP contribution is -2.09. The maximum absolute atomic E-state index is 14.0. The van der Waals surface area contributed by atoms with E-state index in [0.29, 0.717) is 17.1 Å². The van der Waals surface area contributed by atoms with Gasteiger partial charge in [-0.25, -0.2) is 4.39 Å². The van der Waals surface area contributed by atoms with Crippen molar-refractivity contribution in [3.05, 3.63) is 53.3 Å². The third-order valence-electron chi connectivity index (χ3n) is 3.08. The molecule has 0 aliphatic heterocycles. The first-order valence-corrected chi connectivity index (χ1v) is 6.40. The second-order valence-corrected chi connectivity index (χ2v) is 4.65. The highest BCUT2D eigenvalue weighted by atomic mass is 19.1. The third kappa shape index (κ3) is 2.75. The minimum Gasteiger partial charge on any atom is -0.496 e. The molecular formula is C16H18FNO2. The summed E-state index contributed by atoms with van der Waals surface area (Å²) in [6.45, 7) is 3.53. The van der Waals surface area contributed by atoms with Gasteiger partial charge in [0.2, 0.25) is 0 Å². The van der Waals surface area contributed by atoms with Gasteiger partial charge in [0.25, 0.3) is 0 Å². The molecule has 106 valence electrons. The summed E-state index contributed by atoms with van der Waals surface area (Å²) in [7, 11) is 1.57. The van der Waals surface area contributed by atoms with Crippen molar-refractivity contribution in [1.29, 1.82) is 0 Å². The average Bonchev–Trinajstić information content (AvgIpc) is 2.43. The molecule has 0 saturated carbocycles. The summed E-state index contributed by atoms with van der Waals surface area (Å²) in [5.41, 5.74) is 7.21. The highest BCUT2D eigenvalue weighted by Crippen LogP contribution is 2.36. The van der Waals surface area contributed by atoms with Gasteiger partial charge in [-0.15, -0.1) is 0 Å². The molecule has 4 heteroatoms. The summed E-state index contributed by atoms with van der Waals surface area (Å²) in [6, 6.07) is 10.1. The maximum Gasteiger partial charge on any atom is 0.168 e. The standard InChI is InChI=1S/C16H18FNO2/c1-10-6-4-9-14(16(10)17)20-13-8-5-7-12(19-3)15(13)11(2)18/h4-9,11H,18H2,1-3H3/t11-/m1/s1. The van der Waals surface area contributed by atoms with E-state index in [4.69, 9.17) is 15.2 Å². The van der Waals surface area contributed by atoms with Gasteiger partial charge < -0.3 is 15.2 Å². The largest absolute Gasteiger partial charge is 0.496 e. The van der Waals surface area contributed by atoms with Crippen molar-refractivity contribution in [2.24, 2.45) is 5.73 Å². The molecule has 0 saturated heterocycles. The highest BCUT2D eigenvalue weighted by Gasteiger charge is 2.16. The van der Waals surface area contributed by atoms with E-state index in [2.05, 4.69) is 0 Å². The topological polar surface area (TPSA) is 44.5 Å². The van der Waals surface area contributed by atoms with Crippen LogP contribution in [0, 0.1) is 12.7 Å². The Labute approximate surface area is 118 Å². The zero-order chi connectivity index (χ0) is 14.7. The molecule has 0 unspecified atom stereocenters. The molecule has 0 aromatic heterocycles. The molecule has 0 aliphatic carbocycles. The van der Waals surface area contributed by atoms with Crippen LogP contribution in [0.2, 0.25) is 0 Å². The second kappa shape index (κ2) is 5.92. The monoisotopic (exact) mass is 275 g/mol. The van der Waals surface area contributed by atoms with E-state index in [1.807, 2.05) is 6.92 Å². The second-order valence-electron chi connectivity index (χ2n) is 4.65. The van der Waals surface area contributed by atoms with Gasteiger partial charge in [-0.05, 0) is 37.6 Å². The summed E-state index contributed by atoms with van der Waals surface area (Å²) >= 11 is 0. The van der Waals surface area contributed by atoms with Crippen LogP contribution < -0.4 is 15.2 Å². The number of nitrogens with two attached hydrogens (primary N) is 1. The summed E-state index contributed by atoms with van der Waals surface area (Å²) in [5, 5.41) is 0. The van der Waals surface area contributed by atoms with Crippen molar-refractivity contribution < 1.29 is 13.9 Å². The molecular weight excluding hydrogens is 257 g/mol. The molecule has 2 aromatic rings. The molecule has 3 nitrogen and oxygen atoms in total. The predicted octanol–water partition coefficient (Wildman–Crippen LogP) is 3.95. The Morgan fingerprint density at radius 3 is 2.30 bits per heavy atom. The number of aryl methyl sites for hydroxylation is 1. The SMILES string of the molecule is COc1cccc(Oc2cccc(C)c2F)c1[C@@H](C)N. The first-order valence-electron chi connectivity index (χ1n) is 6.40. The number of methoxy groups -OCH3 is 1. The molecule has 2 rings (SSSR count). The fourth-order valence-corrected chi connectivity index (χ4v) is 2.06. The zero-order valence-corrected chi connectivity index (χ0v) is 11.8. The Hall–Kier alpha value is -2.07. The van der Waals surface area contributed by atoms with Crippen LogP contribution >= 0.6 is 0 Å². The van der Waals surface area contributed by atoms with E-state index < -0.39 is 0 Å². The molecule has 0 spiro atoms. The third-order valence-corrected chi connectivity index (χ3v) is 3.08. The van der Waals surface area contributed by atoms with Crippen molar-refractivity contribution in [2.75, 3.05) is 7.11 Å². The molecule has 0 aliphatic rings. The van der Waals surface area contributed by atoms with E-state index >= 15 is 0 Å². The van der Waals surface area contributed by atoms with Gasteiger partial charge in [0.1, 0.15) is 11.5 Å². The van der Waals surface area contributed by atoms with E-state index in [-0.39, 0.29) is 17.6 Å². The molecule has 1 atom stereocenters. The number of hydrogen-bond acceptors (Lipinski definition) is 3. The maximum atomic E-state index is 14.0. The Morgan fingerprint density at radius 2 is 1.65 bits per heavy atom. The van der Waals surface area contributed by atoms with Gasteiger partial charge >= 0.3 is 0 Å². The Bertz CT molecular complexity index is 611. The molecule has 2 aromatic carbocycles. The number of rotatable bonds is 4. The van der Waals surface area contributed by atoms with Crippen LogP contribution in [0.1, 0.15) is 24.1 Å². The van der Waals surface area contributed by atoms with Crippen LogP contribution in [0.4, 0.5) is 4.39 Å². The fourth-order valence-electron chi connectivity index (χ4n) is 2.06. The van der Waals surface area contributed by atoms with Crippen LogP contribution in [-0.2, 0) is 0 Å². The first kappa shape index (κ1) is 14.3. The Morgan fingerprint density at radius 1 is 1.05 bits per heavy atom. The molecule has 20 heavy (non-hydrogen) atoms. The smallest absolute Gasteiger partial charge is 0.168 e. The Kier molecular flexibility index (Phi) is 4.25. The van der Waals surface area contributed by atoms with Gasteiger partial charge in [-0.3, -0.25) is 0 Å². The van der Waals surface area contributed by atoms with Crippen LogP contribution in [0.25, 0.3) is 0 Å². The van der Waals surface area contributed by atoms with E-state index in [1.165, 1.54) is 0 Å². The minimum absolute atomic E-state index is 0.181. The zero-order valence-electron chi connectivity index (χ0n) is 11.8. The minimum atomic E-state index is -0.369. The number of benzene rings is 2. The van der Waals surface area contributed by atoms with Gasteiger partial charge in [-0.2, -0.15) is 0 Å².